The largest absolute Gasteiger partial charge is 0.356 e. The SMILES string of the molecule is CC(CN)CNC(=O)Cc1ccc(F)c(F)c1.Cl. The van der Waals surface area contributed by atoms with Crippen LogP contribution in [0.25, 0.3) is 0 Å². The van der Waals surface area contributed by atoms with Crippen molar-refractivity contribution in [3.8, 4) is 0 Å². The van der Waals surface area contributed by atoms with Crippen LogP contribution in [-0.2, 0) is 11.2 Å². The smallest absolute Gasteiger partial charge is 0.224 e. The zero-order chi connectivity index (χ0) is 12.8. The van der Waals surface area contributed by atoms with E-state index in [1.165, 1.54) is 6.07 Å². The fourth-order valence-corrected chi connectivity index (χ4v) is 1.27. The van der Waals surface area contributed by atoms with Gasteiger partial charge < -0.3 is 11.1 Å². The second-order valence-corrected chi connectivity index (χ2v) is 4.07. The summed E-state index contributed by atoms with van der Waals surface area (Å²) in [5.41, 5.74) is 5.85. The van der Waals surface area contributed by atoms with E-state index in [9.17, 15) is 13.6 Å². The molecular weight excluding hydrogens is 262 g/mol. The van der Waals surface area contributed by atoms with Gasteiger partial charge in [0, 0.05) is 6.54 Å². The molecule has 1 unspecified atom stereocenters. The molecule has 1 atom stereocenters. The van der Waals surface area contributed by atoms with Gasteiger partial charge in [-0.25, -0.2) is 8.78 Å². The second-order valence-electron chi connectivity index (χ2n) is 4.07. The summed E-state index contributed by atoms with van der Waals surface area (Å²) in [4.78, 5) is 11.5. The lowest BCUT2D eigenvalue weighted by Crippen LogP contribution is -2.32. The van der Waals surface area contributed by atoms with Gasteiger partial charge in [-0.1, -0.05) is 13.0 Å². The molecule has 0 aliphatic carbocycles. The van der Waals surface area contributed by atoms with Gasteiger partial charge in [0.15, 0.2) is 11.6 Å². The Balaban J connectivity index is 0.00000289. The quantitative estimate of drug-likeness (QED) is 0.860. The van der Waals surface area contributed by atoms with Crippen LogP contribution in [0.4, 0.5) is 8.78 Å². The number of benzene rings is 1. The summed E-state index contributed by atoms with van der Waals surface area (Å²) in [6.07, 6.45) is 0.0362. The summed E-state index contributed by atoms with van der Waals surface area (Å²) in [5.74, 6) is -1.88. The van der Waals surface area contributed by atoms with Gasteiger partial charge >= 0.3 is 0 Å². The average Bonchev–Trinajstić information content (AvgIpc) is 2.31. The Hall–Kier alpha value is -1.20. The van der Waals surface area contributed by atoms with Gasteiger partial charge in [-0.3, -0.25) is 4.79 Å². The Bertz CT molecular complexity index is 402. The number of hydrogen-bond acceptors (Lipinski definition) is 2. The van der Waals surface area contributed by atoms with Crippen LogP contribution in [0.1, 0.15) is 12.5 Å². The van der Waals surface area contributed by atoms with E-state index >= 15 is 0 Å². The number of hydrogen-bond donors (Lipinski definition) is 2. The van der Waals surface area contributed by atoms with Crippen molar-refractivity contribution in [2.45, 2.75) is 13.3 Å². The van der Waals surface area contributed by atoms with Gasteiger partial charge in [0.05, 0.1) is 6.42 Å². The van der Waals surface area contributed by atoms with Gasteiger partial charge in [-0.15, -0.1) is 12.4 Å². The summed E-state index contributed by atoms with van der Waals surface area (Å²) in [5, 5.41) is 2.68. The number of amides is 1. The molecule has 18 heavy (non-hydrogen) atoms. The van der Waals surface area contributed by atoms with E-state index < -0.39 is 11.6 Å². The first-order valence-corrected chi connectivity index (χ1v) is 5.43. The van der Waals surface area contributed by atoms with Crippen LogP contribution in [0.2, 0.25) is 0 Å². The summed E-state index contributed by atoms with van der Waals surface area (Å²) in [6.45, 7) is 2.89. The summed E-state index contributed by atoms with van der Waals surface area (Å²) >= 11 is 0. The molecule has 3 N–H and O–H groups in total. The van der Waals surface area contributed by atoms with E-state index in [0.717, 1.165) is 12.1 Å². The van der Waals surface area contributed by atoms with Crippen molar-refractivity contribution in [3.63, 3.8) is 0 Å². The van der Waals surface area contributed by atoms with Crippen molar-refractivity contribution in [1.82, 2.24) is 5.32 Å². The molecular formula is C12H17ClF2N2O. The molecule has 0 spiro atoms. The van der Waals surface area contributed by atoms with Crippen LogP contribution in [-0.4, -0.2) is 19.0 Å². The lowest BCUT2D eigenvalue weighted by Gasteiger charge is -2.10. The zero-order valence-corrected chi connectivity index (χ0v) is 10.9. The molecule has 0 saturated carbocycles. The summed E-state index contributed by atoms with van der Waals surface area (Å²) in [6, 6.07) is 3.44. The molecule has 1 aromatic rings. The highest BCUT2D eigenvalue weighted by atomic mass is 35.5. The van der Waals surface area contributed by atoms with Crippen molar-refractivity contribution in [1.29, 1.82) is 0 Å². The number of carbonyl (C=O) groups excluding carboxylic acids is 1. The van der Waals surface area contributed by atoms with Gasteiger partial charge in [0.1, 0.15) is 0 Å². The van der Waals surface area contributed by atoms with Crippen LogP contribution in [0.3, 0.4) is 0 Å². The molecule has 0 aliphatic rings. The molecule has 6 heteroatoms. The van der Waals surface area contributed by atoms with Crippen LogP contribution in [0.15, 0.2) is 18.2 Å². The Labute approximate surface area is 111 Å². The lowest BCUT2D eigenvalue weighted by atomic mass is 10.1. The zero-order valence-electron chi connectivity index (χ0n) is 10.1. The minimum Gasteiger partial charge on any atom is -0.356 e. The predicted octanol–water partition coefficient (Wildman–Crippen LogP) is 1.64. The Morgan fingerprint density at radius 2 is 2.06 bits per heavy atom. The first kappa shape index (κ1) is 16.8. The molecule has 1 aromatic carbocycles. The highest BCUT2D eigenvalue weighted by molar-refractivity contribution is 5.85. The monoisotopic (exact) mass is 278 g/mol. The topological polar surface area (TPSA) is 55.1 Å². The number of carbonyl (C=O) groups is 1. The van der Waals surface area contributed by atoms with Crippen LogP contribution in [0.5, 0.6) is 0 Å². The molecule has 0 aromatic heterocycles. The molecule has 0 saturated heterocycles. The Morgan fingerprint density at radius 3 is 2.61 bits per heavy atom. The van der Waals surface area contributed by atoms with Gasteiger partial charge in [0.2, 0.25) is 5.91 Å². The highest BCUT2D eigenvalue weighted by Crippen LogP contribution is 2.09. The fraction of sp³-hybridized carbons (Fsp3) is 0.417. The van der Waals surface area contributed by atoms with Crippen LogP contribution >= 0.6 is 12.4 Å². The van der Waals surface area contributed by atoms with E-state index in [0.29, 0.717) is 18.7 Å². The van der Waals surface area contributed by atoms with E-state index in [1.807, 2.05) is 6.92 Å². The first-order chi connectivity index (χ1) is 8.02. The molecule has 102 valence electrons. The molecule has 0 fully saturated rings. The standard InChI is InChI=1S/C12H16F2N2O.ClH/c1-8(6-15)7-16-12(17)5-9-2-3-10(13)11(14)4-9;/h2-4,8H,5-7,15H2,1H3,(H,16,17);1H. The molecule has 3 nitrogen and oxygen atoms in total. The van der Waals surface area contributed by atoms with Crippen molar-refractivity contribution >= 4 is 18.3 Å². The average molecular weight is 279 g/mol. The maximum Gasteiger partial charge on any atom is 0.224 e. The van der Waals surface area contributed by atoms with Crippen molar-refractivity contribution in [2.24, 2.45) is 11.7 Å². The Kier molecular flexibility index (Phi) is 7.47. The van der Waals surface area contributed by atoms with E-state index in [4.69, 9.17) is 5.73 Å². The van der Waals surface area contributed by atoms with E-state index in [-0.39, 0.29) is 30.7 Å². The maximum absolute atomic E-state index is 12.9. The van der Waals surface area contributed by atoms with Gasteiger partial charge in [0.25, 0.3) is 0 Å². The van der Waals surface area contributed by atoms with E-state index in [2.05, 4.69) is 5.32 Å². The Morgan fingerprint density at radius 1 is 1.39 bits per heavy atom. The highest BCUT2D eigenvalue weighted by Gasteiger charge is 2.08. The second kappa shape index (κ2) is 8.00. The van der Waals surface area contributed by atoms with Crippen molar-refractivity contribution < 1.29 is 13.6 Å². The number of nitrogens with one attached hydrogen (secondary N) is 1. The summed E-state index contributed by atoms with van der Waals surface area (Å²) < 4.78 is 25.5. The molecule has 0 radical (unpaired) electrons. The fourth-order valence-electron chi connectivity index (χ4n) is 1.27. The number of nitrogens with two attached hydrogens (primary N) is 1. The molecule has 0 heterocycles. The number of rotatable bonds is 5. The minimum atomic E-state index is -0.939. The van der Waals surface area contributed by atoms with E-state index in [1.54, 1.807) is 0 Å². The predicted molar refractivity (Wildman–Crippen MR) is 68.5 cm³/mol. The molecule has 1 rings (SSSR count). The maximum atomic E-state index is 12.9. The molecule has 0 aliphatic heterocycles. The van der Waals surface area contributed by atoms with Crippen molar-refractivity contribution in [3.05, 3.63) is 35.4 Å². The number of halogens is 3. The van der Waals surface area contributed by atoms with Gasteiger partial charge in [-0.05, 0) is 30.2 Å². The lowest BCUT2D eigenvalue weighted by molar-refractivity contribution is -0.120. The van der Waals surface area contributed by atoms with Crippen LogP contribution < -0.4 is 11.1 Å². The first-order valence-electron chi connectivity index (χ1n) is 5.43. The third kappa shape index (κ3) is 5.42. The third-order valence-electron chi connectivity index (χ3n) is 2.40. The summed E-state index contributed by atoms with van der Waals surface area (Å²) in [7, 11) is 0. The molecule has 0 bridgehead atoms. The third-order valence-corrected chi connectivity index (χ3v) is 2.40. The minimum absolute atomic E-state index is 0. The van der Waals surface area contributed by atoms with Crippen LogP contribution in [0, 0.1) is 17.6 Å². The normalized spacial score (nSPS) is 11.6. The van der Waals surface area contributed by atoms with Gasteiger partial charge in [-0.2, -0.15) is 0 Å². The van der Waals surface area contributed by atoms with Crippen molar-refractivity contribution in [2.75, 3.05) is 13.1 Å². The molecule has 1 amide bonds.